The van der Waals surface area contributed by atoms with Crippen molar-refractivity contribution in [3.63, 3.8) is 0 Å². The first-order valence-corrected chi connectivity index (χ1v) is 8.41. The van der Waals surface area contributed by atoms with Crippen LogP contribution in [0.2, 0.25) is 0 Å². The van der Waals surface area contributed by atoms with Crippen molar-refractivity contribution in [2.45, 2.75) is 6.54 Å². The molecule has 24 heavy (non-hydrogen) atoms. The lowest BCUT2D eigenvalue weighted by atomic mass is 10.2. The molecule has 0 aliphatic heterocycles. The van der Waals surface area contributed by atoms with Gasteiger partial charge in [0.15, 0.2) is 0 Å². The maximum atomic E-state index is 11.9. The smallest absolute Gasteiger partial charge is 0.263 e. The van der Waals surface area contributed by atoms with Gasteiger partial charge in [-0.3, -0.25) is 4.79 Å². The minimum Gasteiger partial charge on any atom is -0.506 e. The first-order chi connectivity index (χ1) is 11.5. The molecule has 0 spiro atoms. The van der Waals surface area contributed by atoms with Gasteiger partial charge >= 0.3 is 0 Å². The summed E-state index contributed by atoms with van der Waals surface area (Å²) in [5.74, 6) is -0.239. The Balaban J connectivity index is 1.63. The molecule has 122 valence electrons. The number of nitrogens with one attached hydrogen (secondary N) is 1. The number of hydrazone groups is 1. The quantitative estimate of drug-likeness (QED) is 0.470. The van der Waals surface area contributed by atoms with E-state index >= 15 is 0 Å². The van der Waals surface area contributed by atoms with E-state index in [1.54, 1.807) is 12.1 Å². The lowest BCUT2D eigenvalue weighted by Gasteiger charge is -2.02. The van der Waals surface area contributed by atoms with Gasteiger partial charge in [-0.05, 0) is 61.7 Å². The van der Waals surface area contributed by atoms with Gasteiger partial charge in [-0.1, -0.05) is 12.1 Å². The molecule has 1 aromatic heterocycles. The summed E-state index contributed by atoms with van der Waals surface area (Å²) >= 11 is 6.46. The molecule has 2 N–H and O–H groups in total. The lowest BCUT2D eigenvalue weighted by Crippen LogP contribution is -2.24. The van der Waals surface area contributed by atoms with Gasteiger partial charge in [0, 0.05) is 0 Å². The molecule has 0 unspecified atom stereocenters. The van der Waals surface area contributed by atoms with E-state index in [-0.39, 0.29) is 18.2 Å². The maximum Gasteiger partial charge on any atom is 0.263 e. The molecule has 0 aliphatic carbocycles. The first kappa shape index (κ1) is 16.6. The second kappa shape index (κ2) is 7.10. The number of phenols is 1. The number of fused-ring (bicyclic) bond motifs is 1. The van der Waals surface area contributed by atoms with E-state index in [4.69, 9.17) is 0 Å². The van der Waals surface area contributed by atoms with Crippen molar-refractivity contribution in [3.05, 3.63) is 50.9 Å². The Morgan fingerprint density at radius 3 is 2.38 bits per heavy atom. The van der Waals surface area contributed by atoms with Crippen molar-refractivity contribution >= 4 is 55.0 Å². The standard InChI is InChI=1S/C15H11Br2N5O2/c16-10-5-9(6-11(17)15(10)24)7-18-19-14(23)8-22-20-12-3-1-2-4-13(12)21-22/h1-7,24H,8H2,(H,19,23)/b18-7+. The summed E-state index contributed by atoms with van der Waals surface area (Å²) in [6, 6.07) is 10.7. The summed E-state index contributed by atoms with van der Waals surface area (Å²) in [4.78, 5) is 13.2. The van der Waals surface area contributed by atoms with Crippen molar-refractivity contribution in [1.29, 1.82) is 0 Å². The highest BCUT2D eigenvalue weighted by molar-refractivity contribution is 9.11. The molecule has 3 rings (SSSR count). The van der Waals surface area contributed by atoms with Crippen LogP contribution in [0.5, 0.6) is 5.75 Å². The topological polar surface area (TPSA) is 92.4 Å². The molecule has 2 aromatic carbocycles. The second-order valence-electron chi connectivity index (χ2n) is 4.85. The number of carbonyl (C=O) groups excluding carboxylic acids is 1. The van der Waals surface area contributed by atoms with Crippen LogP contribution in [-0.2, 0) is 11.3 Å². The summed E-state index contributed by atoms with van der Waals surface area (Å²) in [6.07, 6.45) is 1.47. The van der Waals surface area contributed by atoms with Gasteiger partial charge in [-0.15, -0.1) is 0 Å². The van der Waals surface area contributed by atoms with Crippen molar-refractivity contribution < 1.29 is 9.90 Å². The third-order valence-corrected chi connectivity index (χ3v) is 4.26. The number of aromatic hydroxyl groups is 1. The average molecular weight is 453 g/mol. The number of amides is 1. The van der Waals surface area contributed by atoms with Crippen LogP contribution in [0, 0.1) is 0 Å². The monoisotopic (exact) mass is 451 g/mol. The Morgan fingerprint density at radius 2 is 1.79 bits per heavy atom. The highest BCUT2D eigenvalue weighted by Gasteiger charge is 2.07. The normalized spacial score (nSPS) is 11.2. The molecule has 9 heteroatoms. The third kappa shape index (κ3) is 3.80. The van der Waals surface area contributed by atoms with Crippen LogP contribution in [0.4, 0.5) is 0 Å². The molecule has 0 radical (unpaired) electrons. The Kier molecular flexibility index (Phi) is 4.91. The third-order valence-electron chi connectivity index (χ3n) is 3.06. The fourth-order valence-electron chi connectivity index (χ4n) is 1.98. The van der Waals surface area contributed by atoms with Gasteiger partial charge in [0.1, 0.15) is 23.3 Å². The fraction of sp³-hybridized carbons (Fsp3) is 0.0667. The van der Waals surface area contributed by atoms with Crippen LogP contribution in [0.15, 0.2) is 50.4 Å². The van der Waals surface area contributed by atoms with Crippen LogP contribution < -0.4 is 5.43 Å². The summed E-state index contributed by atoms with van der Waals surface area (Å²) in [5, 5.41) is 21.9. The van der Waals surface area contributed by atoms with Gasteiger partial charge < -0.3 is 5.11 Å². The van der Waals surface area contributed by atoms with Crippen LogP contribution in [0.3, 0.4) is 0 Å². The summed E-state index contributed by atoms with van der Waals surface area (Å²) in [6.45, 7) is -0.0328. The van der Waals surface area contributed by atoms with E-state index in [1.165, 1.54) is 11.0 Å². The molecule has 0 aliphatic rings. The second-order valence-corrected chi connectivity index (χ2v) is 6.55. The average Bonchev–Trinajstić information content (AvgIpc) is 2.94. The van der Waals surface area contributed by atoms with E-state index in [0.717, 1.165) is 11.0 Å². The van der Waals surface area contributed by atoms with E-state index in [9.17, 15) is 9.90 Å². The zero-order valence-corrected chi connectivity index (χ0v) is 15.3. The molecule has 0 atom stereocenters. The van der Waals surface area contributed by atoms with Crippen molar-refractivity contribution in [3.8, 4) is 5.75 Å². The van der Waals surface area contributed by atoms with Crippen LogP contribution in [-0.4, -0.2) is 32.2 Å². The van der Waals surface area contributed by atoms with Gasteiger partial charge in [-0.25, -0.2) is 5.43 Å². The molecule has 1 amide bonds. The minimum absolute atomic E-state index is 0.0328. The number of phenolic OH excluding ortho intramolecular Hbond substituents is 1. The zero-order valence-electron chi connectivity index (χ0n) is 12.1. The number of rotatable bonds is 4. The van der Waals surface area contributed by atoms with Crippen molar-refractivity contribution in [2.75, 3.05) is 0 Å². The van der Waals surface area contributed by atoms with E-state index in [1.807, 2.05) is 24.3 Å². The van der Waals surface area contributed by atoms with Gasteiger partial charge in [0.25, 0.3) is 5.91 Å². The Hall–Kier alpha value is -2.26. The number of carbonyl (C=O) groups is 1. The SMILES string of the molecule is O=C(Cn1nc2ccccc2n1)N/N=C/c1cc(Br)c(O)c(Br)c1. The van der Waals surface area contributed by atoms with Crippen LogP contribution >= 0.6 is 31.9 Å². The lowest BCUT2D eigenvalue weighted by molar-refractivity contribution is -0.122. The van der Waals surface area contributed by atoms with Crippen LogP contribution in [0.1, 0.15) is 5.56 Å². The minimum atomic E-state index is -0.344. The molecular formula is C15H11Br2N5O2. The van der Waals surface area contributed by atoms with Crippen molar-refractivity contribution in [1.82, 2.24) is 20.4 Å². The first-order valence-electron chi connectivity index (χ1n) is 6.83. The number of benzene rings is 2. The Labute approximate surface area is 153 Å². The van der Waals surface area contributed by atoms with E-state index in [0.29, 0.717) is 14.5 Å². The molecule has 3 aromatic rings. The van der Waals surface area contributed by atoms with Gasteiger partial charge in [-0.2, -0.15) is 20.1 Å². The van der Waals surface area contributed by atoms with Crippen molar-refractivity contribution in [2.24, 2.45) is 5.10 Å². The number of aromatic nitrogens is 3. The molecule has 7 nitrogen and oxygen atoms in total. The molecular weight excluding hydrogens is 442 g/mol. The van der Waals surface area contributed by atoms with Gasteiger partial charge in [0.05, 0.1) is 15.2 Å². The summed E-state index contributed by atoms with van der Waals surface area (Å²) < 4.78 is 1.05. The summed E-state index contributed by atoms with van der Waals surface area (Å²) in [5.41, 5.74) is 4.58. The molecule has 0 bridgehead atoms. The molecule has 1 heterocycles. The predicted molar refractivity (Wildman–Crippen MR) is 96.8 cm³/mol. The fourth-order valence-corrected chi connectivity index (χ4v) is 3.20. The zero-order chi connectivity index (χ0) is 17.1. The van der Waals surface area contributed by atoms with Crippen LogP contribution in [0.25, 0.3) is 11.0 Å². The Morgan fingerprint density at radius 1 is 1.21 bits per heavy atom. The number of hydrogen-bond acceptors (Lipinski definition) is 5. The largest absolute Gasteiger partial charge is 0.506 e. The molecule has 0 saturated heterocycles. The van der Waals surface area contributed by atoms with Gasteiger partial charge in [0.2, 0.25) is 0 Å². The number of nitrogens with zero attached hydrogens (tertiary/aromatic N) is 4. The van der Waals surface area contributed by atoms with E-state index < -0.39 is 0 Å². The Bertz CT molecular complexity index is 883. The molecule has 0 saturated carbocycles. The molecule has 0 fully saturated rings. The summed E-state index contributed by atoms with van der Waals surface area (Å²) in [7, 11) is 0. The number of hydrogen-bond donors (Lipinski definition) is 2. The highest BCUT2D eigenvalue weighted by atomic mass is 79.9. The number of halogens is 2. The highest BCUT2D eigenvalue weighted by Crippen LogP contribution is 2.32. The maximum absolute atomic E-state index is 11.9. The predicted octanol–water partition coefficient (Wildman–Crippen LogP) is 2.81. The van der Waals surface area contributed by atoms with E-state index in [2.05, 4.69) is 52.6 Å².